The van der Waals surface area contributed by atoms with Gasteiger partial charge in [-0.15, -0.1) is 0 Å². The predicted molar refractivity (Wildman–Crippen MR) is 67.1 cm³/mol. The van der Waals surface area contributed by atoms with E-state index >= 15 is 0 Å². The number of rotatable bonds is 5. The Hall–Kier alpha value is -0.570. The van der Waals surface area contributed by atoms with Crippen molar-refractivity contribution in [2.75, 3.05) is 6.54 Å². The Balaban J connectivity index is 2.51. The molecule has 1 aliphatic rings. The van der Waals surface area contributed by atoms with Crippen LogP contribution in [0.2, 0.25) is 0 Å². The third-order valence-corrected chi connectivity index (χ3v) is 3.54. The highest BCUT2D eigenvalue weighted by Gasteiger charge is 2.32. The minimum Gasteiger partial charge on any atom is -0.338 e. The summed E-state index contributed by atoms with van der Waals surface area (Å²) in [6, 6.07) is 0.138. The molecule has 3 heteroatoms. The fourth-order valence-corrected chi connectivity index (χ4v) is 2.52. The SMILES string of the molecule is CCCC[C@H](N)C(=O)N1CCCC1C(C)C. The van der Waals surface area contributed by atoms with Crippen molar-refractivity contribution in [1.29, 1.82) is 0 Å². The summed E-state index contributed by atoms with van der Waals surface area (Å²) in [4.78, 5) is 14.2. The standard InChI is InChI=1S/C13H26N2O/c1-4-5-7-11(14)13(16)15-9-6-8-12(15)10(2)3/h10-12H,4-9,14H2,1-3H3/t11-,12?/m0/s1. The Morgan fingerprint density at radius 3 is 2.75 bits per heavy atom. The molecule has 1 amide bonds. The van der Waals surface area contributed by atoms with E-state index in [1.54, 1.807) is 0 Å². The summed E-state index contributed by atoms with van der Waals surface area (Å²) in [5, 5.41) is 0. The van der Waals surface area contributed by atoms with Gasteiger partial charge in [0.05, 0.1) is 6.04 Å². The van der Waals surface area contributed by atoms with E-state index in [4.69, 9.17) is 5.73 Å². The summed E-state index contributed by atoms with van der Waals surface area (Å²) >= 11 is 0. The van der Waals surface area contributed by atoms with Gasteiger partial charge < -0.3 is 10.6 Å². The molecule has 0 spiro atoms. The van der Waals surface area contributed by atoms with Crippen molar-refractivity contribution in [2.45, 2.75) is 65.0 Å². The van der Waals surface area contributed by atoms with E-state index in [0.29, 0.717) is 12.0 Å². The van der Waals surface area contributed by atoms with Gasteiger partial charge in [-0.1, -0.05) is 33.6 Å². The fraction of sp³-hybridized carbons (Fsp3) is 0.923. The first kappa shape index (κ1) is 13.5. The maximum atomic E-state index is 12.2. The Morgan fingerprint density at radius 1 is 1.50 bits per heavy atom. The van der Waals surface area contributed by atoms with Gasteiger partial charge in [0.1, 0.15) is 0 Å². The molecule has 1 unspecified atom stereocenters. The molecule has 0 saturated carbocycles. The van der Waals surface area contributed by atoms with Crippen LogP contribution in [0.5, 0.6) is 0 Å². The van der Waals surface area contributed by atoms with Gasteiger partial charge in [-0.3, -0.25) is 4.79 Å². The third-order valence-electron chi connectivity index (χ3n) is 3.54. The van der Waals surface area contributed by atoms with E-state index in [0.717, 1.165) is 38.6 Å². The van der Waals surface area contributed by atoms with Crippen molar-refractivity contribution in [2.24, 2.45) is 11.7 Å². The van der Waals surface area contributed by atoms with Gasteiger partial charge >= 0.3 is 0 Å². The number of hydrogen-bond acceptors (Lipinski definition) is 2. The first-order valence-corrected chi connectivity index (χ1v) is 6.64. The summed E-state index contributed by atoms with van der Waals surface area (Å²) in [7, 11) is 0. The van der Waals surface area contributed by atoms with Gasteiger partial charge in [-0.05, 0) is 25.2 Å². The highest BCUT2D eigenvalue weighted by molar-refractivity contribution is 5.82. The van der Waals surface area contributed by atoms with Gasteiger partial charge in [-0.25, -0.2) is 0 Å². The van der Waals surface area contributed by atoms with Gasteiger partial charge in [0, 0.05) is 12.6 Å². The minimum absolute atomic E-state index is 0.171. The Labute approximate surface area is 99.4 Å². The molecular formula is C13H26N2O. The van der Waals surface area contributed by atoms with E-state index in [1.165, 1.54) is 0 Å². The zero-order chi connectivity index (χ0) is 12.1. The number of unbranched alkanes of at least 4 members (excludes halogenated alkanes) is 1. The molecule has 1 saturated heterocycles. The van der Waals surface area contributed by atoms with E-state index in [-0.39, 0.29) is 11.9 Å². The average Bonchev–Trinajstić information content (AvgIpc) is 2.73. The Kier molecular flexibility index (Phi) is 5.26. The van der Waals surface area contributed by atoms with Crippen LogP contribution in [0.1, 0.15) is 52.9 Å². The first-order valence-electron chi connectivity index (χ1n) is 6.64. The molecule has 16 heavy (non-hydrogen) atoms. The van der Waals surface area contributed by atoms with Crippen LogP contribution in [0, 0.1) is 5.92 Å². The Bertz CT molecular complexity index is 228. The quantitative estimate of drug-likeness (QED) is 0.780. The van der Waals surface area contributed by atoms with E-state index in [9.17, 15) is 4.79 Å². The zero-order valence-electron chi connectivity index (χ0n) is 10.9. The predicted octanol–water partition coefficient (Wildman–Crippen LogP) is 2.15. The lowest BCUT2D eigenvalue weighted by atomic mass is 10.0. The van der Waals surface area contributed by atoms with E-state index < -0.39 is 0 Å². The van der Waals surface area contributed by atoms with Crippen LogP contribution in [-0.2, 0) is 4.79 Å². The minimum atomic E-state index is -0.278. The molecule has 94 valence electrons. The maximum absolute atomic E-state index is 12.2. The van der Waals surface area contributed by atoms with Crippen LogP contribution in [0.15, 0.2) is 0 Å². The van der Waals surface area contributed by atoms with Crippen LogP contribution >= 0.6 is 0 Å². The van der Waals surface area contributed by atoms with E-state index in [1.807, 2.05) is 4.90 Å². The second-order valence-corrected chi connectivity index (χ2v) is 5.23. The topological polar surface area (TPSA) is 46.3 Å². The molecule has 0 aromatic heterocycles. The number of nitrogens with two attached hydrogens (primary N) is 1. The second kappa shape index (κ2) is 6.24. The lowest BCUT2D eigenvalue weighted by molar-refractivity contribution is -0.134. The molecule has 2 atom stereocenters. The molecule has 3 nitrogen and oxygen atoms in total. The maximum Gasteiger partial charge on any atom is 0.239 e. The van der Waals surface area contributed by atoms with Crippen molar-refractivity contribution in [3.8, 4) is 0 Å². The monoisotopic (exact) mass is 226 g/mol. The smallest absolute Gasteiger partial charge is 0.239 e. The van der Waals surface area contributed by atoms with Gasteiger partial charge in [-0.2, -0.15) is 0 Å². The van der Waals surface area contributed by atoms with Crippen molar-refractivity contribution in [3.05, 3.63) is 0 Å². The highest BCUT2D eigenvalue weighted by Crippen LogP contribution is 2.24. The van der Waals surface area contributed by atoms with Crippen molar-refractivity contribution >= 4 is 5.91 Å². The lowest BCUT2D eigenvalue weighted by Crippen LogP contribution is -2.47. The van der Waals surface area contributed by atoms with Crippen LogP contribution in [-0.4, -0.2) is 29.4 Å². The number of carbonyl (C=O) groups excluding carboxylic acids is 1. The number of amides is 1. The molecule has 0 radical (unpaired) electrons. The molecule has 0 bridgehead atoms. The third kappa shape index (κ3) is 3.21. The van der Waals surface area contributed by atoms with Crippen LogP contribution in [0.3, 0.4) is 0 Å². The Morgan fingerprint density at radius 2 is 2.19 bits per heavy atom. The molecule has 1 heterocycles. The largest absolute Gasteiger partial charge is 0.338 e. The number of carbonyl (C=O) groups is 1. The molecule has 2 N–H and O–H groups in total. The summed E-state index contributed by atoms with van der Waals surface area (Å²) < 4.78 is 0. The summed E-state index contributed by atoms with van der Waals surface area (Å²) in [6.07, 6.45) is 5.26. The van der Waals surface area contributed by atoms with Gasteiger partial charge in [0.2, 0.25) is 5.91 Å². The molecule has 0 aromatic carbocycles. The van der Waals surface area contributed by atoms with Crippen molar-refractivity contribution < 1.29 is 4.79 Å². The number of hydrogen-bond donors (Lipinski definition) is 1. The molecule has 0 aromatic rings. The highest BCUT2D eigenvalue weighted by atomic mass is 16.2. The summed E-state index contributed by atoms with van der Waals surface area (Å²) in [5.74, 6) is 0.717. The molecular weight excluding hydrogens is 200 g/mol. The molecule has 1 rings (SSSR count). The normalized spacial score (nSPS) is 22.8. The summed E-state index contributed by atoms with van der Waals surface area (Å²) in [6.45, 7) is 7.41. The summed E-state index contributed by atoms with van der Waals surface area (Å²) in [5.41, 5.74) is 5.95. The molecule has 1 fully saturated rings. The first-order chi connectivity index (χ1) is 7.57. The average molecular weight is 226 g/mol. The molecule has 0 aliphatic carbocycles. The molecule has 1 aliphatic heterocycles. The number of nitrogens with zero attached hydrogens (tertiary/aromatic N) is 1. The van der Waals surface area contributed by atoms with Gasteiger partial charge in [0.15, 0.2) is 0 Å². The van der Waals surface area contributed by atoms with Crippen LogP contribution in [0.25, 0.3) is 0 Å². The van der Waals surface area contributed by atoms with Gasteiger partial charge in [0.25, 0.3) is 0 Å². The fourth-order valence-electron chi connectivity index (χ4n) is 2.52. The van der Waals surface area contributed by atoms with Crippen molar-refractivity contribution in [1.82, 2.24) is 4.90 Å². The number of likely N-dealkylation sites (tertiary alicyclic amines) is 1. The van der Waals surface area contributed by atoms with E-state index in [2.05, 4.69) is 20.8 Å². The van der Waals surface area contributed by atoms with Crippen molar-refractivity contribution in [3.63, 3.8) is 0 Å². The zero-order valence-corrected chi connectivity index (χ0v) is 10.9. The second-order valence-electron chi connectivity index (χ2n) is 5.23. The van der Waals surface area contributed by atoms with Crippen LogP contribution in [0.4, 0.5) is 0 Å². The lowest BCUT2D eigenvalue weighted by Gasteiger charge is -2.30. The van der Waals surface area contributed by atoms with Crippen LogP contribution < -0.4 is 5.73 Å².